The van der Waals surface area contributed by atoms with E-state index in [4.69, 9.17) is 0 Å². The Morgan fingerprint density at radius 2 is 2.24 bits per heavy atom. The summed E-state index contributed by atoms with van der Waals surface area (Å²) >= 11 is 0. The summed E-state index contributed by atoms with van der Waals surface area (Å²) < 4.78 is 0. The molecular weight excluding hydrogens is 210 g/mol. The van der Waals surface area contributed by atoms with Crippen LogP contribution in [0.5, 0.6) is 0 Å². The molecule has 17 heavy (non-hydrogen) atoms. The summed E-state index contributed by atoms with van der Waals surface area (Å²) in [5.74, 6) is 2.73. The molecule has 0 radical (unpaired) electrons. The summed E-state index contributed by atoms with van der Waals surface area (Å²) in [6.07, 6.45) is 10.6. The van der Waals surface area contributed by atoms with Gasteiger partial charge in [-0.05, 0) is 24.8 Å². The number of aromatic amines is 1. The van der Waals surface area contributed by atoms with Gasteiger partial charge in [-0.25, -0.2) is 4.98 Å². The highest BCUT2D eigenvalue weighted by Crippen LogP contribution is 2.39. The van der Waals surface area contributed by atoms with E-state index in [0.717, 1.165) is 24.2 Å². The molecule has 0 spiro atoms. The van der Waals surface area contributed by atoms with Gasteiger partial charge in [0.05, 0.1) is 6.04 Å². The lowest BCUT2D eigenvalue weighted by molar-refractivity contribution is 0.172. The standard InChI is InChI=1S/C14H25N3/c1-3-11-7-5-6-8-12(11)13(15-4-2)14-16-9-10-17-14/h9-13,15H,3-8H2,1-2H3,(H,16,17). The Kier molecular flexibility index (Phi) is 4.60. The Balaban J connectivity index is 2.13. The normalized spacial score (nSPS) is 26.9. The molecule has 1 aromatic rings. The lowest BCUT2D eigenvalue weighted by Gasteiger charge is -2.36. The molecule has 1 aliphatic carbocycles. The number of H-pyrrole nitrogens is 1. The van der Waals surface area contributed by atoms with Gasteiger partial charge in [-0.1, -0.05) is 39.5 Å². The summed E-state index contributed by atoms with van der Waals surface area (Å²) in [5.41, 5.74) is 0. The van der Waals surface area contributed by atoms with Crippen molar-refractivity contribution < 1.29 is 0 Å². The van der Waals surface area contributed by atoms with E-state index in [1.165, 1.54) is 32.1 Å². The molecule has 3 nitrogen and oxygen atoms in total. The predicted molar refractivity (Wildman–Crippen MR) is 70.7 cm³/mol. The summed E-state index contributed by atoms with van der Waals surface area (Å²) in [7, 11) is 0. The van der Waals surface area contributed by atoms with Crippen molar-refractivity contribution in [3.8, 4) is 0 Å². The van der Waals surface area contributed by atoms with Gasteiger partial charge in [-0.2, -0.15) is 0 Å². The molecule has 0 amide bonds. The van der Waals surface area contributed by atoms with Crippen molar-refractivity contribution in [2.24, 2.45) is 11.8 Å². The van der Waals surface area contributed by atoms with E-state index >= 15 is 0 Å². The Labute approximate surface area is 104 Å². The lowest BCUT2D eigenvalue weighted by Crippen LogP contribution is -2.35. The minimum atomic E-state index is 0.417. The van der Waals surface area contributed by atoms with Gasteiger partial charge in [-0.3, -0.25) is 0 Å². The van der Waals surface area contributed by atoms with Crippen molar-refractivity contribution in [2.45, 2.75) is 52.0 Å². The fourth-order valence-corrected chi connectivity index (χ4v) is 3.30. The maximum absolute atomic E-state index is 4.46. The van der Waals surface area contributed by atoms with Gasteiger partial charge in [0.1, 0.15) is 5.82 Å². The van der Waals surface area contributed by atoms with Crippen LogP contribution in [0.4, 0.5) is 0 Å². The molecule has 2 N–H and O–H groups in total. The zero-order chi connectivity index (χ0) is 12.1. The van der Waals surface area contributed by atoms with Gasteiger partial charge < -0.3 is 10.3 Å². The third-order valence-corrected chi connectivity index (χ3v) is 4.16. The number of hydrogen-bond acceptors (Lipinski definition) is 2. The first kappa shape index (κ1) is 12.6. The van der Waals surface area contributed by atoms with E-state index in [1.807, 2.05) is 12.4 Å². The molecule has 0 aromatic carbocycles. The van der Waals surface area contributed by atoms with Crippen LogP contribution in [-0.2, 0) is 0 Å². The first-order valence-electron chi connectivity index (χ1n) is 7.09. The maximum Gasteiger partial charge on any atom is 0.123 e. The predicted octanol–water partition coefficient (Wildman–Crippen LogP) is 3.28. The van der Waals surface area contributed by atoms with Crippen molar-refractivity contribution in [3.05, 3.63) is 18.2 Å². The first-order chi connectivity index (χ1) is 8.36. The molecule has 1 saturated carbocycles. The van der Waals surface area contributed by atoms with Crippen LogP contribution in [0.15, 0.2) is 12.4 Å². The number of nitrogens with one attached hydrogen (secondary N) is 2. The second kappa shape index (κ2) is 6.20. The van der Waals surface area contributed by atoms with E-state index in [2.05, 4.69) is 29.1 Å². The average Bonchev–Trinajstić information content (AvgIpc) is 2.89. The van der Waals surface area contributed by atoms with Crippen LogP contribution in [0.3, 0.4) is 0 Å². The molecule has 0 aliphatic heterocycles. The van der Waals surface area contributed by atoms with Gasteiger partial charge in [0, 0.05) is 12.4 Å². The monoisotopic (exact) mass is 235 g/mol. The summed E-state index contributed by atoms with van der Waals surface area (Å²) in [6, 6.07) is 0.417. The topological polar surface area (TPSA) is 40.7 Å². The number of imidazole rings is 1. The van der Waals surface area contributed by atoms with Crippen molar-refractivity contribution in [1.82, 2.24) is 15.3 Å². The molecule has 1 aromatic heterocycles. The first-order valence-corrected chi connectivity index (χ1v) is 7.09. The third kappa shape index (κ3) is 2.89. The molecular formula is C14H25N3. The lowest BCUT2D eigenvalue weighted by atomic mass is 9.74. The van der Waals surface area contributed by atoms with Crippen LogP contribution in [-0.4, -0.2) is 16.5 Å². The smallest absolute Gasteiger partial charge is 0.123 e. The fraction of sp³-hybridized carbons (Fsp3) is 0.786. The SMILES string of the molecule is CCNC(c1ncc[nH]1)C1CCCCC1CC. The number of rotatable bonds is 5. The minimum Gasteiger partial charge on any atom is -0.347 e. The Morgan fingerprint density at radius 1 is 1.41 bits per heavy atom. The van der Waals surface area contributed by atoms with E-state index in [1.54, 1.807) is 0 Å². The highest BCUT2D eigenvalue weighted by molar-refractivity contribution is 5.00. The van der Waals surface area contributed by atoms with Crippen LogP contribution >= 0.6 is 0 Å². The zero-order valence-electron chi connectivity index (χ0n) is 11.1. The van der Waals surface area contributed by atoms with Crippen LogP contribution in [0.2, 0.25) is 0 Å². The molecule has 0 bridgehead atoms. The van der Waals surface area contributed by atoms with Crippen molar-refractivity contribution in [3.63, 3.8) is 0 Å². The van der Waals surface area contributed by atoms with Crippen LogP contribution in [0, 0.1) is 11.8 Å². The number of hydrogen-bond donors (Lipinski definition) is 2. The number of aromatic nitrogens is 2. The molecule has 3 unspecified atom stereocenters. The van der Waals surface area contributed by atoms with Crippen LogP contribution in [0.1, 0.15) is 57.8 Å². The molecule has 3 atom stereocenters. The van der Waals surface area contributed by atoms with Crippen molar-refractivity contribution >= 4 is 0 Å². The second-order valence-electron chi connectivity index (χ2n) is 5.13. The Bertz CT molecular complexity index is 307. The van der Waals surface area contributed by atoms with Crippen molar-refractivity contribution in [1.29, 1.82) is 0 Å². The van der Waals surface area contributed by atoms with Crippen LogP contribution in [0.25, 0.3) is 0 Å². The van der Waals surface area contributed by atoms with Gasteiger partial charge >= 0.3 is 0 Å². The zero-order valence-corrected chi connectivity index (χ0v) is 11.1. The Hall–Kier alpha value is -0.830. The van der Waals surface area contributed by atoms with E-state index in [-0.39, 0.29) is 0 Å². The van der Waals surface area contributed by atoms with Gasteiger partial charge in [0.2, 0.25) is 0 Å². The van der Waals surface area contributed by atoms with Crippen LogP contribution < -0.4 is 5.32 Å². The quantitative estimate of drug-likeness (QED) is 0.822. The largest absolute Gasteiger partial charge is 0.347 e. The van der Waals surface area contributed by atoms with Gasteiger partial charge in [0.15, 0.2) is 0 Å². The van der Waals surface area contributed by atoms with E-state index in [9.17, 15) is 0 Å². The summed E-state index contributed by atoms with van der Waals surface area (Å²) in [6.45, 7) is 5.52. The molecule has 0 saturated heterocycles. The van der Waals surface area contributed by atoms with Gasteiger partial charge in [0.25, 0.3) is 0 Å². The van der Waals surface area contributed by atoms with Gasteiger partial charge in [-0.15, -0.1) is 0 Å². The molecule has 1 heterocycles. The summed E-state index contributed by atoms with van der Waals surface area (Å²) in [4.78, 5) is 7.75. The summed E-state index contributed by atoms with van der Waals surface area (Å²) in [5, 5.41) is 3.63. The molecule has 2 rings (SSSR count). The highest BCUT2D eigenvalue weighted by atomic mass is 15.0. The Morgan fingerprint density at radius 3 is 2.88 bits per heavy atom. The number of nitrogens with zero attached hydrogens (tertiary/aromatic N) is 1. The van der Waals surface area contributed by atoms with E-state index in [0.29, 0.717) is 6.04 Å². The third-order valence-electron chi connectivity index (χ3n) is 4.16. The molecule has 1 aliphatic rings. The van der Waals surface area contributed by atoms with E-state index < -0.39 is 0 Å². The fourth-order valence-electron chi connectivity index (χ4n) is 3.30. The average molecular weight is 235 g/mol. The maximum atomic E-state index is 4.46. The molecule has 3 heteroatoms. The van der Waals surface area contributed by atoms with Crippen molar-refractivity contribution in [2.75, 3.05) is 6.54 Å². The second-order valence-corrected chi connectivity index (χ2v) is 5.13. The molecule has 96 valence electrons. The molecule has 1 fully saturated rings. The minimum absolute atomic E-state index is 0.417. The highest BCUT2D eigenvalue weighted by Gasteiger charge is 2.32.